The van der Waals surface area contributed by atoms with Gasteiger partial charge in [0, 0.05) is 5.56 Å². The monoisotopic (exact) mass is 177 g/mol. The zero-order valence-corrected chi connectivity index (χ0v) is 7.43. The van der Waals surface area contributed by atoms with Crippen molar-refractivity contribution in [1.29, 1.82) is 0 Å². The lowest BCUT2D eigenvalue weighted by Crippen LogP contribution is -2.16. The number of carbonyl (C=O) groups excluding carboxylic acids is 1. The van der Waals surface area contributed by atoms with Crippen LogP contribution in [0.5, 0.6) is 0 Å². The molecule has 0 amide bonds. The van der Waals surface area contributed by atoms with Gasteiger partial charge in [-0.3, -0.25) is 4.79 Å². The summed E-state index contributed by atoms with van der Waals surface area (Å²) in [5, 5.41) is 2.78. The maximum absolute atomic E-state index is 11.5. The van der Waals surface area contributed by atoms with E-state index < -0.39 is 6.04 Å². The molecule has 0 spiro atoms. The van der Waals surface area contributed by atoms with E-state index in [1.807, 2.05) is 6.07 Å². The van der Waals surface area contributed by atoms with Gasteiger partial charge in [-0.25, -0.2) is 0 Å². The molecule has 0 heterocycles. The fourth-order valence-corrected chi connectivity index (χ4v) is 1.10. The Morgan fingerprint density at radius 2 is 2.00 bits per heavy atom. The summed E-state index contributed by atoms with van der Waals surface area (Å²) >= 11 is 0. The molecule has 3 nitrogen and oxygen atoms in total. The van der Waals surface area contributed by atoms with Gasteiger partial charge in [-0.2, -0.15) is 4.91 Å². The average Bonchev–Trinajstić information content (AvgIpc) is 2.21. The highest BCUT2D eigenvalue weighted by molar-refractivity contribution is 6.00. The second kappa shape index (κ2) is 4.50. The van der Waals surface area contributed by atoms with Crippen molar-refractivity contribution in [3.8, 4) is 0 Å². The van der Waals surface area contributed by atoms with E-state index in [0.717, 1.165) is 0 Å². The summed E-state index contributed by atoms with van der Waals surface area (Å²) in [6, 6.07) is 8.01. The molecule has 0 aromatic heterocycles. The normalized spacial score (nSPS) is 12.1. The number of rotatable bonds is 4. The van der Waals surface area contributed by atoms with Gasteiger partial charge in [0.1, 0.15) is 0 Å². The summed E-state index contributed by atoms with van der Waals surface area (Å²) in [5.41, 5.74) is 0.550. The molecule has 68 valence electrons. The molecule has 1 aromatic rings. The Kier molecular flexibility index (Phi) is 3.31. The number of nitrogens with zero attached hydrogens (tertiary/aromatic N) is 1. The van der Waals surface area contributed by atoms with E-state index in [1.54, 1.807) is 31.2 Å². The number of hydrogen-bond donors (Lipinski definition) is 0. The van der Waals surface area contributed by atoms with Crippen molar-refractivity contribution in [2.24, 2.45) is 5.18 Å². The van der Waals surface area contributed by atoms with Gasteiger partial charge < -0.3 is 0 Å². The molecule has 3 heteroatoms. The Bertz CT molecular complexity index is 295. The molecule has 0 aliphatic heterocycles. The number of carbonyl (C=O) groups is 1. The minimum atomic E-state index is -0.734. The number of nitroso groups, excluding NO2 is 1. The fourth-order valence-electron chi connectivity index (χ4n) is 1.10. The zero-order chi connectivity index (χ0) is 9.68. The Labute approximate surface area is 76.7 Å². The van der Waals surface area contributed by atoms with Gasteiger partial charge >= 0.3 is 0 Å². The SMILES string of the molecule is CCC(N=O)C(=O)c1ccccc1. The second-order valence-electron chi connectivity index (χ2n) is 2.76. The van der Waals surface area contributed by atoms with Gasteiger partial charge in [-0.05, 0) is 6.42 Å². The first-order valence-corrected chi connectivity index (χ1v) is 4.21. The van der Waals surface area contributed by atoms with Crippen LogP contribution in [0.1, 0.15) is 23.7 Å². The first kappa shape index (κ1) is 9.58. The molecule has 1 aromatic carbocycles. The van der Waals surface area contributed by atoms with Gasteiger partial charge in [0.05, 0.1) is 0 Å². The minimum Gasteiger partial charge on any atom is -0.292 e. The molecular formula is C10H11NO2. The topological polar surface area (TPSA) is 46.5 Å². The Hall–Kier alpha value is -1.51. The van der Waals surface area contributed by atoms with Crippen molar-refractivity contribution in [1.82, 2.24) is 0 Å². The highest BCUT2D eigenvalue weighted by Crippen LogP contribution is 2.08. The van der Waals surface area contributed by atoms with Gasteiger partial charge in [-0.15, -0.1) is 0 Å². The van der Waals surface area contributed by atoms with Crippen LogP contribution in [0.3, 0.4) is 0 Å². The summed E-state index contributed by atoms with van der Waals surface area (Å²) in [5.74, 6) is -0.196. The molecule has 0 N–H and O–H groups in total. The van der Waals surface area contributed by atoms with Crippen LogP contribution >= 0.6 is 0 Å². The summed E-state index contributed by atoms with van der Waals surface area (Å²) in [6.07, 6.45) is 0.456. The van der Waals surface area contributed by atoms with Crippen molar-refractivity contribution in [2.75, 3.05) is 0 Å². The lowest BCUT2D eigenvalue weighted by molar-refractivity contribution is 0.0960. The number of ketones is 1. The largest absolute Gasteiger partial charge is 0.292 e. The standard InChI is InChI=1S/C10H11NO2/c1-2-9(11-13)10(12)8-6-4-3-5-7-8/h3-7,9H,2H2,1H3. The maximum Gasteiger partial charge on any atom is 0.190 e. The van der Waals surface area contributed by atoms with E-state index >= 15 is 0 Å². The molecule has 0 saturated heterocycles. The second-order valence-corrected chi connectivity index (χ2v) is 2.76. The third kappa shape index (κ3) is 2.21. The molecule has 1 rings (SSSR count). The molecule has 13 heavy (non-hydrogen) atoms. The summed E-state index contributed by atoms with van der Waals surface area (Å²) in [6.45, 7) is 1.77. The molecule has 0 fully saturated rings. The molecule has 1 atom stereocenters. The van der Waals surface area contributed by atoms with Crippen LogP contribution < -0.4 is 0 Å². The molecule has 1 unspecified atom stereocenters. The third-order valence-electron chi connectivity index (χ3n) is 1.87. The highest BCUT2D eigenvalue weighted by Gasteiger charge is 2.17. The van der Waals surface area contributed by atoms with Crippen molar-refractivity contribution < 1.29 is 4.79 Å². The Balaban J connectivity index is 2.84. The van der Waals surface area contributed by atoms with Crippen molar-refractivity contribution in [2.45, 2.75) is 19.4 Å². The van der Waals surface area contributed by atoms with Crippen LogP contribution in [-0.2, 0) is 0 Å². The van der Waals surface area contributed by atoms with Crippen molar-refractivity contribution in [3.63, 3.8) is 0 Å². The zero-order valence-electron chi connectivity index (χ0n) is 7.43. The average molecular weight is 177 g/mol. The Morgan fingerprint density at radius 3 is 2.46 bits per heavy atom. The fraction of sp³-hybridized carbons (Fsp3) is 0.300. The predicted octanol–water partition coefficient (Wildman–Crippen LogP) is 2.41. The lowest BCUT2D eigenvalue weighted by atomic mass is 10.0. The first-order chi connectivity index (χ1) is 6.29. The smallest absolute Gasteiger partial charge is 0.190 e. The van der Waals surface area contributed by atoms with Crippen molar-refractivity contribution >= 4 is 5.78 Å². The van der Waals surface area contributed by atoms with Gasteiger partial charge in [0.2, 0.25) is 0 Å². The van der Waals surface area contributed by atoms with E-state index in [1.165, 1.54) is 0 Å². The first-order valence-electron chi connectivity index (χ1n) is 4.21. The molecule has 0 aliphatic rings. The molecule has 0 radical (unpaired) electrons. The molecular weight excluding hydrogens is 166 g/mol. The minimum absolute atomic E-state index is 0.196. The van der Waals surface area contributed by atoms with Crippen LogP contribution in [0.15, 0.2) is 35.5 Å². The van der Waals surface area contributed by atoms with E-state index in [9.17, 15) is 9.70 Å². The van der Waals surface area contributed by atoms with Crippen LogP contribution in [0.2, 0.25) is 0 Å². The number of hydrogen-bond acceptors (Lipinski definition) is 3. The van der Waals surface area contributed by atoms with Gasteiger partial charge in [0.25, 0.3) is 0 Å². The van der Waals surface area contributed by atoms with Crippen LogP contribution in [0.25, 0.3) is 0 Å². The summed E-state index contributed by atoms with van der Waals surface area (Å²) in [7, 11) is 0. The summed E-state index contributed by atoms with van der Waals surface area (Å²) in [4.78, 5) is 21.8. The van der Waals surface area contributed by atoms with Crippen LogP contribution in [0.4, 0.5) is 0 Å². The van der Waals surface area contributed by atoms with E-state index in [-0.39, 0.29) is 5.78 Å². The van der Waals surface area contributed by atoms with Gasteiger partial charge in [-0.1, -0.05) is 42.4 Å². The molecule has 0 bridgehead atoms. The Morgan fingerprint density at radius 1 is 1.38 bits per heavy atom. The highest BCUT2D eigenvalue weighted by atomic mass is 16.3. The predicted molar refractivity (Wildman–Crippen MR) is 50.6 cm³/mol. The number of Topliss-reactive ketones (excluding diaryl/α,β-unsaturated/α-hetero) is 1. The maximum atomic E-state index is 11.5. The van der Waals surface area contributed by atoms with E-state index in [2.05, 4.69) is 5.18 Å². The summed E-state index contributed by atoms with van der Waals surface area (Å²) < 4.78 is 0. The van der Waals surface area contributed by atoms with Crippen LogP contribution in [-0.4, -0.2) is 11.8 Å². The van der Waals surface area contributed by atoms with Crippen molar-refractivity contribution in [3.05, 3.63) is 40.8 Å². The van der Waals surface area contributed by atoms with E-state index in [4.69, 9.17) is 0 Å². The molecule has 0 aliphatic carbocycles. The number of benzene rings is 1. The third-order valence-corrected chi connectivity index (χ3v) is 1.87. The van der Waals surface area contributed by atoms with Crippen LogP contribution in [0, 0.1) is 4.91 Å². The lowest BCUT2D eigenvalue weighted by Gasteiger charge is -2.03. The molecule has 0 saturated carbocycles. The van der Waals surface area contributed by atoms with E-state index in [0.29, 0.717) is 12.0 Å². The van der Waals surface area contributed by atoms with Gasteiger partial charge in [0.15, 0.2) is 11.8 Å². The quantitative estimate of drug-likeness (QED) is 0.523.